The number of benzene rings is 3. The summed E-state index contributed by atoms with van der Waals surface area (Å²) in [6.45, 7) is 0.220. The van der Waals surface area contributed by atoms with E-state index in [4.69, 9.17) is 0 Å². The van der Waals surface area contributed by atoms with Crippen LogP contribution in [0, 0.1) is 0 Å². The van der Waals surface area contributed by atoms with Gasteiger partial charge in [-0.15, -0.1) is 0 Å². The lowest BCUT2D eigenvalue weighted by molar-refractivity contribution is -0.137. The highest BCUT2D eigenvalue weighted by atomic mass is 19.4. The van der Waals surface area contributed by atoms with Crippen LogP contribution in [0.2, 0.25) is 0 Å². The van der Waals surface area contributed by atoms with Crippen LogP contribution in [-0.2, 0) is 12.6 Å². The summed E-state index contributed by atoms with van der Waals surface area (Å²) in [6.07, 6.45) is -4.09. The highest BCUT2D eigenvalue weighted by Gasteiger charge is 2.30. The predicted octanol–water partition coefficient (Wildman–Crippen LogP) is 5.89. The van der Waals surface area contributed by atoms with Gasteiger partial charge in [-0.05, 0) is 30.2 Å². The van der Waals surface area contributed by atoms with Crippen LogP contribution in [0.5, 0.6) is 0 Å². The molecule has 6 heteroatoms. The number of pyridine rings is 1. The molecule has 0 atom stereocenters. The number of carbonyl (C=O) groups excluding carboxylic acids is 1. The second kappa shape index (κ2) is 8.60. The van der Waals surface area contributed by atoms with Gasteiger partial charge in [-0.25, -0.2) is 4.98 Å². The van der Waals surface area contributed by atoms with E-state index in [1.165, 1.54) is 6.07 Å². The van der Waals surface area contributed by atoms with Crippen molar-refractivity contribution < 1.29 is 18.0 Å². The van der Waals surface area contributed by atoms with Gasteiger partial charge in [0.2, 0.25) is 0 Å². The number of alkyl halides is 3. The highest BCUT2D eigenvalue weighted by Crippen LogP contribution is 2.29. The molecule has 0 aliphatic rings. The van der Waals surface area contributed by atoms with Gasteiger partial charge in [0.15, 0.2) is 0 Å². The molecule has 3 aromatic carbocycles. The largest absolute Gasteiger partial charge is 0.416 e. The zero-order chi connectivity index (χ0) is 21.8. The van der Waals surface area contributed by atoms with Crippen LogP contribution in [0.4, 0.5) is 13.2 Å². The second-order valence-electron chi connectivity index (χ2n) is 7.14. The van der Waals surface area contributed by atoms with Crippen molar-refractivity contribution in [3.8, 4) is 11.3 Å². The first-order valence-corrected chi connectivity index (χ1v) is 9.81. The number of aromatic nitrogens is 1. The van der Waals surface area contributed by atoms with E-state index in [9.17, 15) is 18.0 Å². The Bertz CT molecular complexity index is 1220. The van der Waals surface area contributed by atoms with Crippen molar-refractivity contribution in [2.45, 2.75) is 12.6 Å². The first-order chi connectivity index (χ1) is 14.9. The van der Waals surface area contributed by atoms with E-state index < -0.39 is 11.7 Å². The number of para-hydroxylation sites is 1. The molecule has 0 saturated carbocycles. The topological polar surface area (TPSA) is 42.0 Å². The summed E-state index contributed by atoms with van der Waals surface area (Å²) < 4.78 is 38.7. The van der Waals surface area contributed by atoms with Gasteiger partial charge in [0.1, 0.15) is 0 Å². The third-order valence-electron chi connectivity index (χ3n) is 4.98. The van der Waals surface area contributed by atoms with E-state index in [2.05, 4.69) is 10.3 Å². The summed E-state index contributed by atoms with van der Waals surface area (Å²) in [6, 6.07) is 23.8. The van der Waals surface area contributed by atoms with Gasteiger partial charge in [0, 0.05) is 17.5 Å². The molecule has 4 aromatic rings. The molecular weight excluding hydrogens is 401 g/mol. The standard InChI is InChI=1S/C25H19F3N2O/c26-25(27,28)19-10-6-7-17(15-19)13-14-29-24(31)21-16-23(18-8-2-1-3-9-18)30-22-12-5-4-11-20(21)22/h1-12,15-16H,13-14H2,(H,29,31). The minimum absolute atomic E-state index is 0.220. The molecule has 0 unspecified atom stereocenters. The fourth-order valence-electron chi connectivity index (χ4n) is 3.44. The highest BCUT2D eigenvalue weighted by molar-refractivity contribution is 6.07. The summed E-state index contributed by atoms with van der Waals surface area (Å²) >= 11 is 0. The van der Waals surface area contributed by atoms with Gasteiger partial charge in [-0.1, -0.05) is 66.7 Å². The van der Waals surface area contributed by atoms with E-state index in [1.807, 2.05) is 54.6 Å². The molecule has 1 heterocycles. The maximum absolute atomic E-state index is 12.9. The molecule has 3 nitrogen and oxygen atoms in total. The Morgan fingerprint density at radius 3 is 2.39 bits per heavy atom. The van der Waals surface area contributed by atoms with Crippen LogP contribution < -0.4 is 5.32 Å². The number of hydrogen-bond acceptors (Lipinski definition) is 2. The van der Waals surface area contributed by atoms with Gasteiger partial charge < -0.3 is 5.32 Å². The number of amides is 1. The van der Waals surface area contributed by atoms with Crippen molar-refractivity contribution in [2.75, 3.05) is 6.54 Å². The fourth-order valence-corrected chi connectivity index (χ4v) is 3.44. The Hall–Kier alpha value is -3.67. The molecular formula is C25H19F3N2O. The van der Waals surface area contributed by atoms with Crippen LogP contribution in [0.1, 0.15) is 21.5 Å². The normalized spacial score (nSPS) is 11.5. The Kier molecular flexibility index (Phi) is 5.71. The van der Waals surface area contributed by atoms with Crippen molar-refractivity contribution in [3.05, 3.63) is 102 Å². The van der Waals surface area contributed by atoms with Gasteiger partial charge in [-0.2, -0.15) is 13.2 Å². The van der Waals surface area contributed by atoms with Crippen LogP contribution in [0.15, 0.2) is 84.9 Å². The lowest BCUT2D eigenvalue weighted by Gasteiger charge is -2.11. The number of nitrogens with zero attached hydrogens (tertiary/aromatic N) is 1. The van der Waals surface area contributed by atoms with Gasteiger partial charge in [-0.3, -0.25) is 4.79 Å². The van der Waals surface area contributed by atoms with Gasteiger partial charge in [0.25, 0.3) is 5.91 Å². The molecule has 1 N–H and O–H groups in total. The summed E-state index contributed by atoms with van der Waals surface area (Å²) in [4.78, 5) is 17.6. The molecule has 0 saturated heterocycles. The van der Waals surface area contributed by atoms with Crippen molar-refractivity contribution in [3.63, 3.8) is 0 Å². The van der Waals surface area contributed by atoms with Gasteiger partial charge >= 0.3 is 6.18 Å². The minimum Gasteiger partial charge on any atom is -0.352 e. The maximum atomic E-state index is 12.9. The molecule has 156 valence electrons. The van der Waals surface area contributed by atoms with Crippen molar-refractivity contribution in [1.29, 1.82) is 0 Å². The molecule has 0 aliphatic carbocycles. The maximum Gasteiger partial charge on any atom is 0.416 e. The molecule has 0 fully saturated rings. The Morgan fingerprint density at radius 1 is 0.871 bits per heavy atom. The Balaban J connectivity index is 1.55. The number of rotatable bonds is 5. The van der Waals surface area contributed by atoms with E-state index in [1.54, 1.807) is 12.1 Å². The summed E-state index contributed by atoms with van der Waals surface area (Å²) in [7, 11) is 0. The number of hydrogen-bond donors (Lipinski definition) is 1. The van der Waals surface area contributed by atoms with Crippen LogP contribution >= 0.6 is 0 Å². The van der Waals surface area contributed by atoms with E-state index in [0.717, 1.165) is 23.1 Å². The summed E-state index contributed by atoms with van der Waals surface area (Å²) in [5, 5.41) is 3.55. The second-order valence-corrected chi connectivity index (χ2v) is 7.14. The molecule has 0 radical (unpaired) electrons. The summed E-state index contributed by atoms with van der Waals surface area (Å²) in [5.41, 5.74) is 2.58. The summed E-state index contributed by atoms with van der Waals surface area (Å²) in [5.74, 6) is -0.289. The molecule has 4 rings (SSSR count). The first kappa shape index (κ1) is 20.6. The lowest BCUT2D eigenvalue weighted by Crippen LogP contribution is -2.26. The van der Waals surface area contributed by atoms with Crippen molar-refractivity contribution >= 4 is 16.8 Å². The molecule has 0 spiro atoms. The number of halogens is 3. The molecule has 0 bridgehead atoms. The monoisotopic (exact) mass is 420 g/mol. The Morgan fingerprint density at radius 2 is 1.61 bits per heavy atom. The zero-order valence-electron chi connectivity index (χ0n) is 16.5. The minimum atomic E-state index is -4.39. The first-order valence-electron chi connectivity index (χ1n) is 9.81. The van der Waals surface area contributed by atoms with Gasteiger partial charge in [0.05, 0.1) is 22.3 Å². The molecule has 1 amide bonds. The fraction of sp³-hybridized carbons (Fsp3) is 0.120. The van der Waals surface area contributed by atoms with Crippen LogP contribution in [-0.4, -0.2) is 17.4 Å². The number of carbonyl (C=O) groups is 1. The van der Waals surface area contributed by atoms with E-state index in [-0.39, 0.29) is 12.5 Å². The smallest absolute Gasteiger partial charge is 0.352 e. The lowest BCUT2D eigenvalue weighted by atomic mass is 10.0. The third-order valence-corrected chi connectivity index (χ3v) is 4.98. The van der Waals surface area contributed by atoms with E-state index >= 15 is 0 Å². The number of fused-ring (bicyclic) bond motifs is 1. The van der Waals surface area contributed by atoms with E-state index in [0.29, 0.717) is 28.8 Å². The quantitative estimate of drug-likeness (QED) is 0.437. The van der Waals surface area contributed by atoms with Crippen molar-refractivity contribution in [2.24, 2.45) is 0 Å². The van der Waals surface area contributed by atoms with Crippen LogP contribution in [0.3, 0.4) is 0 Å². The Labute approximate surface area is 177 Å². The van der Waals surface area contributed by atoms with Crippen molar-refractivity contribution in [1.82, 2.24) is 10.3 Å². The SMILES string of the molecule is O=C(NCCc1cccc(C(F)(F)F)c1)c1cc(-c2ccccc2)nc2ccccc12. The molecule has 1 aromatic heterocycles. The average molecular weight is 420 g/mol. The molecule has 31 heavy (non-hydrogen) atoms. The van der Waals surface area contributed by atoms with Crippen LogP contribution in [0.25, 0.3) is 22.2 Å². The predicted molar refractivity (Wildman–Crippen MR) is 115 cm³/mol. The number of nitrogens with one attached hydrogen (secondary N) is 1. The third kappa shape index (κ3) is 4.74. The zero-order valence-corrected chi connectivity index (χ0v) is 16.5. The average Bonchev–Trinajstić information content (AvgIpc) is 2.78. The molecule has 0 aliphatic heterocycles.